The Morgan fingerprint density at radius 2 is 1.33 bits per heavy atom. The molecule has 39 heavy (non-hydrogen) atoms. The summed E-state index contributed by atoms with van der Waals surface area (Å²) >= 11 is 3.53. The van der Waals surface area contributed by atoms with Crippen LogP contribution in [-0.4, -0.2) is 75.8 Å². The second-order valence-corrected chi connectivity index (χ2v) is 12.3. The van der Waals surface area contributed by atoms with Gasteiger partial charge in [0.1, 0.15) is 6.61 Å². The van der Waals surface area contributed by atoms with Crippen molar-refractivity contribution in [3.05, 3.63) is 35.9 Å². The lowest BCUT2D eigenvalue weighted by Crippen LogP contribution is -2.26. The first-order valence-corrected chi connectivity index (χ1v) is 15.4. The molecule has 10 nitrogen and oxygen atoms in total. The van der Waals surface area contributed by atoms with Crippen molar-refractivity contribution in [2.75, 3.05) is 11.5 Å². The standard InChI is InChI=1S/C17H20O5S.C10H14O5S/c18-15(20-10-12-6-2-1-3-7-12)9-5-4-8-14-16-13(11-23-14)21-17(19)22-16;11-8(12)4-2-1-3-7-9-6(5-16-7)14-10(13)15-9/h1-3,6-7,13-14,16H,4-5,8-11H2;6-7,9H,1-5H2,(H,11,12)/t13?,14-,16-;6?,7-,9-/m00/s1. The predicted molar refractivity (Wildman–Crippen MR) is 144 cm³/mol. The maximum atomic E-state index is 11.7. The van der Waals surface area contributed by atoms with E-state index in [9.17, 15) is 19.2 Å². The summed E-state index contributed by atoms with van der Waals surface area (Å²) in [5, 5.41) is 9.05. The Kier molecular flexibility index (Phi) is 11.1. The van der Waals surface area contributed by atoms with Crippen LogP contribution < -0.4 is 0 Å². The summed E-state index contributed by atoms with van der Waals surface area (Å²) in [5.74, 6) is 0.675. The van der Waals surface area contributed by atoms with Crippen LogP contribution >= 0.6 is 23.5 Å². The van der Waals surface area contributed by atoms with Gasteiger partial charge in [0.2, 0.25) is 0 Å². The fraction of sp³-hybridized carbons (Fsp3) is 0.630. The molecule has 4 fully saturated rings. The highest BCUT2D eigenvalue weighted by molar-refractivity contribution is 8.00. The topological polar surface area (TPSA) is 135 Å². The number of ether oxygens (including phenoxy) is 5. The molecular formula is C27H34O10S2. The molecule has 0 aliphatic carbocycles. The number of carbonyl (C=O) groups excluding carboxylic acids is 3. The van der Waals surface area contributed by atoms with Crippen LogP contribution in [0.2, 0.25) is 0 Å². The smallest absolute Gasteiger partial charge is 0.481 e. The van der Waals surface area contributed by atoms with Gasteiger partial charge in [-0.3, -0.25) is 9.59 Å². The summed E-state index contributed by atoms with van der Waals surface area (Å²) in [6.07, 6.45) is 4.15. The van der Waals surface area contributed by atoms with Crippen LogP contribution in [0, 0.1) is 0 Å². The first-order chi connectivity index (χ1) is 18.9. The van der Waals surface area contributed by atoms with Crippen LogP contribution in [0.1, 0.15) is 56.9 Å². The third kappa shape index (κ3) is 8.96. The molecule has 4 aliphatic rings. The summed E-state index contributed by atoms with van der Waals surface area (Å²) < 4.78 is 25.6. The zero-order valence-electron chi connectivity index (χ0n) is 21.6. The van der Waals surface area contributed by atoms with E-state index in [-0.39, 0.29) is 47.3 Å². The average Bonchev–Trinajstić information content (AvgIpc) is 3.66. The van der Waals surface area contributed by atoms with E-state index in [1.165, 1.54) is 0 Å². The van der Waals surface area contributed by atoms with E-state index in [1.54, 1.807) is 23.5 Å². The number of carboxylic acids is 1. The van der Waals surface area contributed by atoms with Gasteiger partial charge in [0.15, 0.2) is 24.4 Å². The zero-order chi connectivity index (χ0) is 27.6. The first kappa shape index (κ1) is 29.4. The number of carbonyl (C=O) groups is 4. The number of carboxylic acid groups (broad SMARTS) is 1. The van der Waals surface area contributed by atoms with Gasteiger partial charge in [0.05, 0.1) is 0 Å². The molecule has 0 bridgehead atoms. The van der Waals surface area contributed by atoms with Crippen molar-refractivity contribution in [3.8, 4) is 0 Å². The average molecular weight is 583 g/mol. The Morgan fingerprint density at radius 1 is 0.795 bits per heavy atom. The summed E-state index contributed by atoms with van der Waals surface area (Å²) in [6.45, 7) is 0.329. The Hall–Kier alpha value is -2.60. The molecule has 6 atom stereocenters. The lowest BCUT2D eigenvalue weighted by atomic mass is 10.1. The molecule has 4 aliphatic heterocycles. The zero-order valence-corrected chi connectivity index (χ0v) is 23.2. The molecule has 0 saturated carbocycles. The number of hydrogen-bond acceptors (Lipinski definition) is 11. The number of fused-ring (bicyclic) bond motifs is 2. The molecule has 12 heteroatoms. The summed E-state index contributed by atoms with van der Waals surface area (Å²) in [5.41, 5.74) is 0.997. The first-order valence-electron chi connectivity index (χ1n) is 13.3. The monoisotopic (exact) mass is 582 g/mol. The quantitative estimate of drug-likeness (QED) is 0.203. The summed E-state index contributed by atoms with van der Waals surface area (Å²) in [6, 6.07) is 9.66. The van der Waals surface area contributed by atoms with Crippen molar-refractivity contribution in [2.24, 2.45) is 0 Å². The molecular weight excluding hydrogens is 548 g/mol. The van der Waals surface area contributed by atoms with Crippen LogP contribution in [0.3, 0.4) is 0 Å². The summed E-state index contributed by atoms with van der Waals surface area (Å²) in [7, 11) is 0. The highest BCUT2D eigenvalue weighted by atomic mass is 32.2. The SMILES string of the molecule is O=C(CCCC[C@@H]1SCC2OC(=O)O[C@@H]21)OCc1ccccc1.O=C(O)CCCC[C@@H]1SCC2OC(=O)O[C@@H]21. The Labute approximate surface area is 235 Å². The molecule has 1 N–H and O–H groups in total. The van der Waals surface area contributed by atoms with Gasteiger partial charge in [-0.25, -0.2) is 9.59 Å². The van der Waals surface area contributed by atoms with E-state index in [4.69, 9.17) is 28.8 Å². The van der Waals surface area contributed by atoms with Crippen molar-refractivity contribution in [1.82, 2.24) is 0 Å². The van der Waals surface area contributed by atoms with E-state index in [0.717, 1.165) is 49.2 Å². The van der Waals surface area contributed by atoms with E-state index in [2.05, 4.69) is 0 Å². The lowest BCUT2D eigenvalue weighted by molar-refractivity contribution is -0.145. The Bertz CT molecular complexity index is 990. The van der Waals surface area contributed by atoms with Crippen molar-refractivity contribution in [3.63, 3.8) is 0 Å². The number of unbranched alkanes of at least 4 members (excludes halogenated alkanes) is 2. The van der Waals surface area contributed by atoms with Crippen molar-refractivity contribution in [2.45, 2.75) is 92.9 Å². The minimum Gasteiger partial charge on any atom is -0.481 e. The number of aliphatic carboxylic acids is 1. The van der Waals surface area contributed by atoms with E-state index in [0.29, 0.717) is 19.4 Å². The van der Waals surface area contributed by atoms with Gasteiger partial charge >= 0.3 is 24.2 Å². The fourth-order valence-corrected chi connectivity index (χ4v) is 7.76. The lowest BCUT2D eigenvalue weighted by Gasteiger charge is -2.14. The molecule has 4 heterocycles. The number of rotatable bonds is 12. The third-order valence-corrected chi connectivity index (χ3v) is 9.77. The van der Waals surface area contributed by atoms with Crippen LogP contribution in [0.25, 0.3) is 0 Å². The highest BCUT2D eigenvalue weighted by Crippen LogP contribution is 2.39. The molecule has 0 amide bonds. The summed E-state index contributed by atoms with van der Waals surface area (Å²) in [4.78, 5) is 44.0. The van der Waals surface area contributed by atoms with Crippen molar-refractivity contribution < 1.29 is 48.0 Å². The maximum absolute atomic E-state index is 11.7. The molecule has 0 radical (unpaired) electrons. The molecule has 5 rings (SSSR count). The van der Waals surface area contributed by atoms with Gasteiger partial charge in [-0.15, -0.1) is 0 Å². The molecule has 1 aromatic carbocycles. The van der Waals surface area contributed by atoms with Crippen molar-refractivity contribution in [1.29, 1.82) is 0 Å². The number of thioether (sulfide) groups is 2. The van der Waals surface area contributed by atoms with E-state index < -0.39 is 18.3 Å². The fourth-order valence-electron chi connectivity index (χ4n) is 4.87. The van der Waals surface area contributed by atoms with Crippen LogP contribution in [0.4, 0.5) is 9.59 Å². The largest absolute Gasteiger partial charge is 0.509 e. The van der Waals surface area contributed by atoms with Crippen LogP contribution in [0.15, 0.2) is 30.3 Å². The molecule has 4 saturated heterocycles. The van der Waals surface area contributed by atoms with Gasteiger partial charge in [-0.2, -0.15) is 23.5 Å². The molecule has 2 unspecified atom stereocenters. The minimum atomic E-state index is -0.757. The second kappa shape index (κ2) is 14.7. The third-order valence-electron chi connectivity index (χ3n) is 6.87. The Balaban J connectivity index is 0.000000193. The second-order valence-electron chi connectivity index (χ2n) is 9.75. The maximum Gasteiger partial charge on any atom is 0.509 e. The molecule has 0 spiro atoms. The van der Waals surface area contributed by atoms with Crippen LogP contribution in [0.5, 0.6) is 0 Å². The normalized spacial score (nSPS) is 28.2. The van der Waals surface area contributed by atoms with Gasteiger partial charge in [-0.05, 0) is 31.2 Å². The van der Waals surface area contributed by atoms with Gasteiger partial charge < -0.3 is 28.8 Å². The number of benzene rings is 1. The number of esters is 1. The molecule has 214 valence electrons. The molecule has 0 aromatic heterocycles. The van der Waals surface area contributed by atoms with Gasteiger partial charge in [0.25, 0.3) is 0 Å². The minimum absolute atomic E-state index is 0.0895. The van der Waals surface area contributed by atoms with Gasteiger partial charge in [-0.1, -0.05) is 43.2 Å². The highest BCUT2D eigenvalue weighted by Gasteiger charge is 2.48. The van der Waals surface area contributed by atoms with Crippen molar-refractivity contribution >= 4 is 47.8 Å². The van der Waals surface area contributed by atoms with E-state index in [1.807, 2.05) is 30.3 Å². The molecule has 1 aromatic rings. The Morgan fingerprint density at radius 3 is 1.87 bits per heavy atom. The number of hydrogen-bond donors (Lipinski definition) is 1. The van der Waals surface area contributed by atoms with E-state index >= 15 is 0 Å². The van der Waals surface area contributed by atoms with Crippen LogP contribution in [-0.2, 0) is 39.9 Å². The van der Waals surface area contributed by atoms with Gasteiger partial charge in [0, 0.05) is 34.8 Å². The predicted octanol–water partition coefficient (Wildman–Crippen LogP) is 4.96.